The molecule has 96 valence electrons. The molecule has 0 radical (unpaired) electrons. The number of aliphatic hydroxyl groups is 1. The number of piperidine rings is 1. The van der Waals surface area contributed by atoms with Crippen LogP contribution in [0.2, 0.25) is 0 Å². The van der Waals surface area contributed by atoms with Crippen LogP contribution in [0.25, 0.3) is 0 Å². The highest BCUT2D eigenvalue weighted by Gasteiger charge is 2.49. The fourth-order valence-electron chi connectivity index (χ4n) is 3.16. The molecule has 1 N–H and O–H groups in total. The van der Waals surface area contributed by atoms with Crippen molar-refractivity contribution in [3.63, 3.8) is 0 Å². The molecule has 18 heavy (non-hydrogen) atoms. The van der Waals surface area contributed by atoms with Crippen molar-refractivity contribution in [3.05, 3.63) is 35.9 Å². The zero-order chi connectivity index (χ0) is 13.3. The Morgan fingerprint density at radius 1 is 1.33 bits per heavy atom. The van der Waals surface area contributed by atoms with Gasteiger partial charge >= 0.3 is 0 Å². The minimum atomic E-state index is -1.24. The van der Waals surface area contributed by atoms with Gasteiger partial charge in [0.2, 0.25) is 0 Å². The molecule has 1 saturated heterocycles. The second-order valence-electron chi connectivity index (χ2n) is 5.42. The normalized spacial score (nSPS) is 37.2. The Bertz CT molecular complexity index is 453. The highest BCUT2D eigenvalue weighted by molar-refractivity contribution is 5.24. The minimum Gasteiger partial charge on any atom is -0.375 e. The first-order chi connectivity index (χ1) is 8.50. The van der Waals surface area contributed by atoms with Gasteiger partial charge < -0.3 is 5.11 Å². The van der Waals surface area contributed by atoms with Gasteiger partial charge in [0.25, 0.3) is 0 Å². The van der Waals surface area contributed by atoms with E-state index < -0.39 is 5.60 Å². The van der Waals surface area contributed by atoms with Crippen molar-refractivity contribution in [1.29, 1.82) is 5.26 Å². The molecule has 1 aromatic rings. The molecule has 1 fully saturated rings. The zero-order valence-electron chi connectivity index (χ0n) is 11.2. The summed E-state index contributed by atoms with van der Waals surface area (Å²) in [7, 11) is 2.06. The summed E-state index contributed by atoms with van der Waals surface area (Å²) in [5.74, 6) is -0.152. The molecule has 0 saturated carbocycles. The number of hydrogen-bond acceptors (Lipinski definition) is 3. The predicted octanol–water partition coefficient (Wildman–Crippen LogP) is 2.20. The fraction of sp³-hybridized carbons (Fsp3) is 0.533. The SMILES string of the molecule is C[C@@H]1CN(C)[C@H](c2ccccc2)[C@H](C)[C@]1(O)C#N. The predicted molar refractivity (Wildman–Crippen MR) is 70.7 cm³/mol. The second kappa shape index (κ2) is 4.72. The number of nitrogens with zero attached hydrogens (tertiary/aromatic N) is 2. The van der Waals surface area contributed by atoms with Crippen molar-refractivity contribution in [2.75, 3.05) is 13.6 Å². The largest absolute Gasteiger partial charge is 0.375 e. The summed E-state index contributed by atoms with van der Waals surface area (Å²) >= 11 is 0. The monoisotopic (exact) mass is 244 g/mol. The summed E-state index contributed by atoms with van der Waals surface area (Å²) in [6.45, 7) is 4.64. The second-order valence-corrected chi connectivity index (χ2v) is 5.42. The maximum atomic E-state index is 10.6. The van der Waals surface area contributed by atoms with Crippen molar-refractivity contribution in [3.8, 4) is 6.07 Å². The lowest BCUT2D eigenvalue weighted by Gasteiger charge is -2.48. The van der Waals surface area contributed by atoms with E-state index >= 15 is 0 Å². The Morgan fingerprint density at radius 3 is 2.50 bits per heavy atom. The minimum absolute atomic E-state index is 0.0394. The van der Waals surface area contributed by atoms with E-state index in [-0.39, 0.29) is 17.9 Å². The van der Waals surface area contributed by atoms with Crippen molar-refractivity contribution in [1.82, 2.24) is 4.90 Å². The summed E-state index contributed by atoms with van der Waals surface area (Å²) in [5, 5.41) is 19.9. The zero-order valence-corrected chi connectivity index (χ0v) is 11.2. The Kier molecular flexibility index (Phi) is 3.43. The Morgan fingerprint density at radius 2 is 1.94 bits per heavy atom. The van der Waals surface area contributed by atoms with Crippen LogP contribution >= 0.6 is 0 Å². The van der Waals surface area contributed by atoms with Gasteiger partial charge in [0.05, 0.1) is 6.07 Å². The van der Waals surface area contributed by atoms with Gasteiger partial charge in [0, 0.05) is 24.4 Å². The van der Waals surface area contributed by atoms with Gasteiger partial charge in [0.15, 0.2) is 5.60 Å². The molecule has 0 aromatic heterocycles. The summed E-state index contributed by atoms with van der Waals surface area (Å²) in [6.07, 6.45) is 0. The molecule has 1 aliphatic heterocycles. The lowest BCUT2D eigenvalue weighted by molar-refractivity contribution is -0.0878. The van der Waals surface area contributed by atoms with Crippen molar-refractivity contribution in [2.24, 2.45) is 11.8 Å². The molecule has 3 nitrogen and oxygen atoms in total. The molecular weight excluding hydrogens is 224 g/mol. The number of hydrogen-bond donors (Lipinski definition) is 1. The van der Waals surface area contributed by atoms with E-state index in [1.54, 1.807) is 0 Å². The highest BCUT2D eigenvalue weighted by atomic mass is 16.3. The summed E-state index contributed by atoms with van der Waals surface area (Å²) in [5.41, 5.74) is -0.0828. The van der Waals surface area contributed by atoms with E-state index in [4.69, 9.17) is 0 Å². The van der Waals surface area contributed by atoms with Crippen LogP contribution < -0.4 is 0 Å². The molecule has 1 aromatic carbocycles. The van der Waals surface area contributed by atoms with Crippen LogP contribution in [-0.2, 0) is 0 Å². The quantitative estimate of drug-likeness (QED) is 0.770. The lowest BCUT2D eigenvalue weighted by Crippen LogP contribution is -2.55. The number of rotatable bonds is 1. The number of benzene rings is 1. The van der Waals surface area contributed by atoms with E-state index in [2.05, 4.69) is 30.1 Å². The van der Waals surface area contributed by atoms with Crippen LogP contribution in [0.15, 0.2) is 30.3 Å². The number of nitriles is 1. The van der Waals surface area contributed by atoms with Gasteiger partial charge in [-0.15, -0.1) is 0 Å². The molecule has 0 spiro atoms. The first-order valence-electron chi connectivity index (χ1n) is 6.39. The topological polar surface area (TPSA) is 47.3 Å². The van der Waals surface area contributed by atoms with Crippen molar-refractivity contribution in [2.45, 2.75) is 25.5 Å². The molecular formula is C15H20N2O. The average Bonchev–Trinajstić information content (AvgIpc) is 2.37. The van der Waals surface area contributed by atoms with Crippen LogP contribution in [0.3, 0.4) is 0 Å². The van der Waals surface area contributed by atoms with Crippen LogP contribution in [-0.4, -0.2) is 29.2 Å². The molecule has 0 amide bonds. The maximum absolute atomic E-state index is 10.6. The van der Waals surface area contributed by atoms with Crippen LogP contribution in [0.4, 0.5) is 0 Å². The Balaban J connectivity index is 2.39. The fourth-order valence-corrected chi connectivity index (χ4v) is 3.16. The molecule has 0 unspecified atom stereocenters. The van der Waals surface area contributed by atoms with E-state index in [0.29, 0.717) is 0 Å². The Labute approximate surface area is 109 Å². The lowest BCUT2D eigenvalue weighted by atomic mass is 9.70. The molecule has 2 rings (SSSR count). The van der Waals surface area contributed by atoms with Crippen LogP contribution in [0.1, 0.15) is 25.5 Å². The van der Waals surface area contributed by atoms with Gasteiger partial charge in [-0.3, -0.25) is 4.90 Å². The molecule has 3 heteroatoms. The molecule has 0 aliphatic carbocycles. The third-order valence-corrected chi connectivity index (χ3v) is 4.28. The van der Waals surface area contributed by atoms with E-state index in [1.807, 2.05) is 32.0 Å². The third-order valence-electron chi connectivity index (χ3n) is 4.28. The standard InChI is InChI=1S/C15H20N2O/c1-11-9-17(3)14(12(2)15(11,18)10-16)13-7-5-4-6-8-13/h4-8,11-12,14,18H,9H2,1-3H3/t11-,12+,14+,15+/m1/s1. The smallest absolute Gasteiger partial charge is 0.159 e. The molecule has 1 heterocycles. The van der Waals surface area contributed by atoms with Gasteiger partial charge in [-0.25, -0.2) is 0 Å². The first-order valence-corrected chi connectivity index (χ1v) is 6.39. The van der Waals surface area contributed by atoms with E-state index in [9.17, 15) is 10.4 Å². The number of likely N-dealkylation sites (tertiary alicyclic amines) is 1. The van der Waals surface area contributed by atoms with Gasteiger partial charge in [-0.05, 0) is 12.6 Å². The molecule has 0 bridgehead atoms. The summed E-state index contributed by atoms with van der Waals surface area (Å²) < 4.78 is 0. The van der Waals surface area contributed by atoms with Crippen molar-refractivity contribution >= 4 is 0 Å². The summed E-state index contributed by atoms with van der Waals surface area (Å²) in [6, 6.07) is 12.3. The molecule has 4 atom stereocenters. The van der Waals surface area contributed by atoms with Crippen molar-refractivity contribution < 1.29 is 5.11 Å². The van der Waals surface area contributed by atoms with Gasteiger partial charge in [-0.2, -0.15) is 5.26 Å². The third kappa shape index (κ3) is 1.92. The van der Waals surface area contributed by atoms with E-state index in [1.165, 1.54) is 0 Å². The van der Waals surface area contributed by atoms with E-state index in [0.717, 1.165) is 12.1 Å². The summed E-state index contributed by atoms with van der Waals surface area (Å²) in [4.78, 5) is 2.23. The van der Waals surface area contributed by atoms with Crippen LogP contribution in [0.5, 0.6) is 0 Å². The first kappa shape index (κ1) is 13.1. The Hall–Kier alpha value is -1.37. The van der Waals surface area contributed by atoms with Crippen LogP contribution in [0, 0.1) is 23.2 Å². The highest BCUT2D eigenvalue weighted by Crippen LogP contribution is 2.43. The average molecular weight is 244 g/mol. The van der Waals surface area contributed by atoms with Gasteiger partial charge in [-0.1, -0.05) is 44.2 Å². The molecule has 1 aliphatic rings. The van der Waals surface area contributed by atoms with Gasteiger partial charge in [0.1, 0.15) is 0 Å². The maximum Gasteiger partial charge on any atom is 0.159 e.